The summed E-state index contributed by atoms with van der Waals surface area (Å²) >= 11 is 1.21. The molecule has 0 fully saturated rings. The minimum Gasteiger partial charge on any atom is -0.462 e. The Bertz CT molecular complexity index is 1310. The van der Waals surface area contributed by atoms with Gasteiger partial charge >= 0.3 is 11.9 Å². The number of carbonyl (C=O) groups excluding carboxylic acids is 3. The summed E-state index contributed by atoms with van der Waals surface area (Å²) in [4.78, 5) is 37.8. The Morgan fingerprint density at radius 1 is 0.848 bits per heavy atom. The van der Waals surface area contributed by atoms with Crippen molar-refractivity contribution in [1.82, 2.24) is 0 Å². The summed E-state index contributed by atoms with van der Waals surface area (Å²) in [7, 11) is 0. The van der Waals surface area contributed by atoms with Crippen molar-refractivity contribution >= 4 is 45.0 Å². The molecule has 0 atom stereocenters. The lowest BCUT2D eigenvalue weighted by atomic mass is 10.0. The molecule has 1 amide bonds. The van der Waals surface area contributed by atoms with Gasteiger partial charge < -0.3 is 14.8 Å². The number of amides is 1. The molecule has 0 spiro atoms. The number of thiophene rings is 1. The molecule has 7 heteroatoms. The van der Waals surface area contributed by atoms with Crippen molar-refractivity contribution < 1.29 is 23.9 Å². The van der Waals surface area contributed by atoms with E-state index < -0.39 is 24.5 Å². The van der Waals surface area contributed by atoms with Crippen LogP contribution >= 0.6 is 11.3 Å². The van der Waals surface area contributed by atoms with Crippen molar-refractivity contribution in [2.75, 3.05) is 18.5 Å². The molecule has 0 aliphatic heterocycles. The Morgan fingerprint density at radius 3 is 2.36 bits per heavy atom. The minimum absolute atomic E-state index is 0.207. The fraction of sp³-hybridized carbons (Fsp3) is 0.115. The second-order valence-electron chi connectivity index (χ2n) is 7.09. The molecule has 1 N–H and O–H groups in total. The molecule has 1 heterocycles. The molecule has 3 aromatic carbocycles. The monoisotopic (exact) mass is 459 g/mol. The lowest BCUT2D eigenvalue weighted by Gasteiger charge is -2.10. The van der Waals surface area contributed by atoms with Gasteiger partial charge in [-0.2, -0.15) is 0 Å². The highest BCUT2D eigenvalue weighted by atomic mass is 32.1. The van der Waals surface area contributed by atoms with E-state index in [9.17, 15) is 14.4 Å². The van der Waals surface area contributed by atoms with Crippen molar-refractivity contribution in [3.8, 4) is 11.1 Å². The fourth-order valence-corrected chi connectivity index (χ4v) is 4.43. The van der Waals surface area contributed by atoms with Gasteiger partial charge in [0.15, 0.2) is 6.61 Å². The molecule has 0 aliphatic rings. The van der Waals surface area contributed by atoms with Crippen LogP contribution in [0.1, 0.15) is 27.6 Å². The molecule has 0 radical (unpaired) electrons. The van der Waals surface area contributed by atoms with Gasteiger partial charge in [0.25, 0.3) is 5.91 Å². The van der Waals surface area contributed by atoms with Gasteiger partial charge in [0.1, 0.15) is 10.6 Å². The second kappa shape index (κ2) is 10.1. The average Bonchev–Trinajstić information content (AvgIpc) is 3.26. The second-order valence-corrected chi connectivity index (χ2v) is 7.97. The third-order valence-corrected chi connectivity index (χ3v) is 5.85. The first-order valence-electron chi connectivity index (χ1n) is 10.4. The van der Waals surface area contributed by atoms with Crippen LogP contribution in [0.5, 0.6) is 0 Å². The number of benzene rings is 3. The number of nitrogens with one attached hydrogen (secondary N) is 1. The Balaban J connectivity index is 1.50. The van der Waals surface area contributed by atoms with E-state index in [1.54, 1.807) is 24.4 Å². The van der Waals surface area contributed by atoms with Crippen LogP contribution in [0.25, 0.3) is 21.9 Å². The van der Waals surface area contributed by atoms with Gasteiger partial charge in [-0.15, -0.1) is 11.3 Å². The van der Waals surface area contributed by atoms with Crippen molar-refractivity contribution in [3.63, 3.8) is 0 Å². The summed E-state index contributed by atoms with van der Waals surface area (Å²) in [6.07, 6.45) is 0. The molecule has 0 unspecified atom stereocenters. The van der Waals surface area contributed by atoms with E-state index in [1.807, 2.05) is 60.7 Å². The highest BCUT2D eigenvalue weighted by Gasteiger charge is 2.23. The summed E-state index contributed by atoms with van der Waals surface area (Å²) in [5, 5.41) is 6.48. The zero-order valence-corrected chi connectivity index (χ0v) is 18.7. The minimum atomic E-state index is -0.594. The molecule has 0 aliphatic carbocycles. The number of carbonyl (C=O) groups is 3. The maximum absolute atomic E-state index is 12.6. The van der Waals surface area contributed by atoms with Crippen LogP contribution in [0.15, 0.2) is 78.2 Å². The van der Waals surface area contributed by atoms with Gasteiger partial charge in [-0.05, 0) is 29.3 Å². The molecule has 1 aromatic heterocycles. The van der Waals surface area contributed by atoms with Crippen molar-refractivity contribution in [2.45, 2.75) is 6.92 Å². The first kappa shape index (κ1) is 22.2. The van der Waals surface area contributed by atoms with Crippen LogP contribution in [0.2, 0.25) is 0 Å². The zero-order chi connectivity index (χ0) is 23.2. The molecule has 166 valence electrons. The highest BCUT2D eigenvalue weighted by molar-refractivity contribution is 7.15. The molecular formula is C26H21NO5S. The Labute approximate surface area is 194 Å². The summed E-state index contributed by atoms with van der Waals surface area (Å²) in [5.41, 5.74) is 2.17. The van der Waals surface area contributed by atoms with E-state index in [0.29, 0.717) is 16.1 Å². The largest absolute Gasteiger partial charge is 0.462 e. The van der Waals surface area contributed by atoms with E-state index >= 15 is 0 Å². The van der Waals surface area contributed by atoms with Crippen molar-refractivity contribution in [2.24, 2.45) is 0 Å². The number of ether oxygens (including phenoxy) is 2. The normalized spacial score (nSPS) is 10.6. The quantitative estimate of drug-likeness (QED) is 0.367. The topological polar surface area (TPSA) is 81.7 Å². The average molecular weight is 460 g/mol. The van der Waals surface area contributed by atoms with Crippen LogP contribution in [0.3, 0.4) is 0 Å². The molecule has 6 nitrogen and oxygen atoms in total. The van der Waals surface area contributed by atoms with Gasteiger partial charge in [-0.1, -0.05) is 66.7 Å². The van der Waals surface area contributed by atoms with Crippen LogP contribution in [-0.2, 0) is 14.3 Å². The predicted octanol–water partition coefficient (Wildman–Crippen LogP) is 5.54. The van der Waals surface area contributed by atoms with Crippen LogP contribution in [-0.4, -0.2) is 31.1 Å². The van der Waals surface area contributed by atoms with E-state index in [-0.39, 0.29) is 12.2 Å². The first-order valence-corrected chi connectivity index (χ1v) is 11.2. The molecule has 33 heavy (non-hydrogen) atoms. The summed E-state index contributed by atoms with van der Waals surface area (Å²) < 4.78 is 10.4. The highest BCUT2D eigenvalue weighted by Crippen LogP contribution is 2.36. The fourth-order valence-electron chi connectivity index (χ4n) is 3.46. The van der Waals surface area contributed by atoms with Gasteiger partial charge in [-0.25, -0.2) is 9.59 Å². The lowest BCUT2D eigenvalue weighted by molar-refractivity contribution is -0.119. The van der Waals surface area contributed by atoms with Gasteiger partial charge in [0.2, 0.25) is 0 Å². The van der Waals surface area contributed by atoms with E-state index in [0.717, 1.165) is 16.3 Å². The number of hydrogen-bond donors (Lipinski definition) is 1. The summed E-state index contributed by atoms with van der Waals surface area (Å²) in [5.74, 6) is -1.67. The third kappa shape index (κ3) is 4.94. The maximum Gasteiger partial charge on any atom is 0.341 e. The molecule has 0 saturated heterocycles. The van der Waals surface area contributed by atoms with Crippen molar-refractivity contribution in [1.29, 1.82) is 0 Å². The predicted molar refractivity (Wildman–Crippen MR) is 129 cm³/mol. The number of hydrogen-bond acceptors (Lipinski definition) is 6. The van der Waals surface area contributed by atoms with Crippen LogP contribution < -0.4 is 5.32 Å². The molecule has 0 bridgehead atoms. The van der Waals surface area contributed by atoms with E-state index in [1.165, 1.54) is 11.3 Å². The Kier molecular flexibility index (Phi) is 6.80. The van der Waals surface area contributed by atoms with Crippen molar-refractivity contribution in [3.05, 3.63) is 89.3 Å². The summed E-state index contributed by atoms with van der Waals surface area (Å²) in [6, 6.07) is 22.1. The number of anilines is 1. The molecule has 0 saturated carbocycles. The Morgan fingerprint density at radius 2 is 1.58 bits per heavy atom. The first-order chi connectivity index (χ1) is 16.1. The third-order valence-electron chi connectivity index (χ3n) is 4.95. The summed E-state index contributed by atoms with van der Waals surface area (Å²) in [6.45, 7) is 1.44. The van der Waals surface area contributed by atoms with Gasteiger partial charge in [0, 0.05) is 10.9 Å². The standard InChI is InChI=1S/C26H21NO5S/c1-2-31-26(30)23-21(18-9-4-3-5-10-18)16-33-24(23)27-22(28)15-32-25(29)20-14-8-12-17-11-6-7-13-19(17)20/h3-14,16H,2,15H2,1H3,(H,27,28). The maximum atomic E-state index is 12.6. The van der Waals surface area contributed by atoms with Crippen LogP contribution in [0.4, 0.5) is 5.00 Å². The van der Waals surface area contributed by atoms with Gasteiger partial charge in [-0.3, -0.25) is 4.79 Å². The number of rotatable bonds is 7. The Hall–Kier alpha value is -3.97. The van der Waals surface area contributed by atoms with E-state index in [4.69, 9.17) is 9.47 Å². The number of fused-ring (bicyclic) bond motifs is 1. The number of esters is 2. The smallest absolute Gasteiger partial charge is 0.341 e. The van der Waals surface area contributed by atoms with E-state index in [2.05, 4.69) is 5.32 Å². The molecule has 4 rings (SSSR count). The van der Waals surface area contributed by atoms with Gasteiger partial charge in [0.05, 0.1) is 12.2 Å². The lowest BCUT2D eigenvalue weighted by Crippen LogP contribution is -2.22. The molecule has 4 aromatic rings. The zero-order valence-electron chi connectivity index (χ0n) is 17.9. The molecular weight excluding hydrogens is 438 g/mol. The van der Waals surface area contributed by atoms with Crippen LogP contribution in [0, 0.1) is 0 Å². The SMILES string of the molecule is CCOC(=O)c1c(-c2ccccc2)csc1NC(=O)COC(=O)c1cccc2ccccc12.